The first-order chi connectivity index (χ1) is 13.0. The standard InChI is InChI=1S/C22H29N3O2/c1-15(2)21(22(27)25(3)19-10-11-23-14-19)24-20(26)13-16-8-9-17-6-4-5-7-18(17)12-16/h4-9,12,15,19,21,23H,10-11,13-14H2,1-3H3,(H,24,26). The molecule has 0 bridgehead atoms. The van der Waals surface area contributed by atoms with Crippen LogP contribution in [-0.2, 0) is 16.0 Å². The molecule has 2 aromatic rings. The molecule has 2 unspecified atom stereocenters. The molecule has 27 heavy (non-hydrogen) atoms. The average Bonchev–Trinajstić information content (AvgIpc) is 3.19. The molecule has 1 aliphatic rings. The number of amides is 2. The van der Waals surface area contributed by atoms with E-state index in [1.54, 1.807) is 4.90 Å². The number of nitrogens with one attached hydrogen (secondary N) is 2. The molecule has 0 spiro atoms. The molecule has 5 nitrogen and oxygen atoms in total. The molecule has 1 heterocycles. The van der Waals surface area contributed by atoms with E-state index in [1.165, 1.54) is 0 Å². The van der Waals surface area contributed by atoms with Crippen molar-refractivity contribution in [3.8, 4) is 0 Å². The number of carbonyl (C=O) groups is 2. The van der Waals surface area contributed by atoms with Crippen molar-refractivity contribution in [3.05, 3.63) is 48.0 Å². The number of likely N-dealkylation sites (N-methyl/N-ethyl adjacent to an activating group) is 1. The molecule has 0 aliphatic carbocycles. The Hall–Kier alpha value is -2.40. The minimum absolute atomic E-state index is 0.00874. The van der Waals surface area contributed by atoms with Crippen LogP contribution in [0, 0.1) is 5.92 Å². The summed E-state index contributed by atoms with van der Waals surface area (Å²) in [6.45, 7) is 5.69. The lowest BCUT2D eigenvalue weighted by molar-refractivity contribution is -0.138. The van der Waals surface area contributed by atoms with Crippen molar-refractivity contribution in [2.24, 2.45) is 5.92 Å². The summed E-state index contributed by atoms with van der Waals surface area (Å²) in [5, 5.41) is 8.52. The first-order valence-electron chi connectivity index (χ1n) is 9.70. The van der Waals surface area contributed by atoms with Crippen LogP contribution in [0.5, 0.6) is 0 Å². The van der Waals surface area contributed by atoms with Gasteiger partial charge in [-0.15, -0.1) is 0 Å². The van der Waals surface area contributed by atoms with Crippen molar-refractivity contribution < 1.29 is 9.59 Å². The summed E-state index contributed by atoms with van der Waals surface area (Å²) in [7, 11) is 1.84. The second-order valence-corrected chi connectivity index (χ2v) is 7.74. The normalized spacial score (nSPS) is 17.9. The van der Waals surface area contributed by atoms with E-state index in [9.17, 15) is 9.59 Å². The highest BCUT2D eigenvalue weighted by Gasteiger charge is 2.31. The molecule has 0 saturated carbocycles. The second kappa shape index (κ2) is 8.53. The van der Waals surface area contributed by atoms with Gasteiger partial charge in [0.2, 0.25) is 11.8 Å². The molecule has 1 saturated heterocycles. The van der Waals surface area contributed by atoms with Crippen molar-refractivity contribution in [1.82, 2.24) is 15.5 Å². The van der Waals surface area contributed by atoms with E-state index in [0.29, 0.717) is 0 Å². The lowest BCUT2D eigenvalue weighted by Gasteiger charge is -2.30. The van der Waals surface area contributed by atoms with Gasteiger partial charge in [-0.3, -0.25) is 9.59 Å². The van der Waals surface area contributed by atoms with E-state index >= 15 is 0 Å². The Kier molecular flexibility index (Phi) is 6.11. The monoisotopic (exact) mass is 367 g/mol. The van der Waals surface area contributed by atoms with Crippen LogP contribution in [-0.4, -0.2) is 48.9 Å². The zero-order valence-electron chi connectivity index (χ0n) is 16.4. The van der Waals surface area contributed by atoms with Gasteiger partial charge in [0, 0.05) is 19.6 Å². The fraction of sp³-hybridized carbons (Fsp3) is 0.455. The molecule has 3 rings (SSSR count). The van der Waals surface area contributed by atoms with Gasteiger partial charge in [-0.25, -0.2) is 0 Å². The molecule has 1 aliphatic heterocycles. The van der Waals surface area contributed by atoms with Gasteiger partial charge in [-0.2, -0.15) is 0 Å². The van der Waals surface area contributed by atoms with Gasteiger partial charge in [0.05, 0.1) is 6.42 Å². The van der Waals surface area contributed by atoms with Gasteiger partial charge in [0.25, 0.3) is 0 Å². The van der Waals surface area contributed by atoms with Gasteiger partial charge < -0.3 is 15.5 Å². The topological polar surface area (TPSA) is 61.4 Å². The quantitative estimate of drug-likeness (QED) is 0.824. The Bertz CT molecular complexity index is 812. The molecule has 5 heteroatoms. The van der Waals surface area contributed by atoms with Crippen LogP contribution in [0.4, 0.5) is 0 Å². The summed E-state index contributed by atoms with van der Waals surface area (Å²) in [6.07, 6.45) is 1.23. The van der Waals surface area contributed by atoms with Crippen LogP contribution >= 0.6 is 0 Å². The van der Waals surface area contributed by atoms with Crippen molar-refractivity contribution in [3.63, 3.8) is 0 Å². The maximum atomic E-state index is 12.9. The first-order valence-corrected chi connectivity index (χ1v) is 9.70. The number of hydrogen-bond acceptors (Lipinski definition) is 3. The summed E-state index contributed by atoms with van der Waals surface area (Å²) < 4.78 is 0. The van der Waals surface area contributed by atoms with Gasteiger partial charge in [0.1, 0.15) is 6.04 Å². The van der Waals surface area contributed by atoms with E-state index in [-0.39, 0.29) is 30.2 Å². The van der Waals surface area contributed by atoms with Gasteiger partial charge >= 0.3 is 0 Å². The van der Waals surface area contributed by atoms with Crippen LogP contribution < -0.4 is 10.6 Å². The van der Waals surface area contributed by atoms with Gasteiger partial charge in [-0.1, -0.05) is 56.3 Å². The maximum Gasteiger partial charge on any atom is 0.245 e. The Morgan fingerprint density at radius 1 is 1.19 bits per heavy atom. The first kappa shape index (κ1) is 19.4. The minimum atomic E-state index is -0.497. The highest BCUT2D eigenvalue weighted by atomic mass is 16.2. The largest absolute Gasteiger partial charge is 0.344 e. The predicted molar refractivity (Wildman–Crippen MR) is 108 cm³/mol. The molecular weight excluding hydrogens is 338 g/mol. The molecule has 2 atom stereocenters. The smallest absolute Gasteiger partial charge is 0.245 e. The van der Waals surface area contributed by atoms with Gasteiger partial charge in [-0.05, 0) is 35.2 Å². The Morgan fingerprint density at radius 2 is 1.93 bits per heavy atom. The fourth-order valence-electron chi connectivity index (χ4n) is 3.64. The number of benzene rings is 2. The molecular formula is C22H29N3O2. The van der Waals surface area contributed by atoms with Crippen molar-refractivity contribution >= 4 is 22.6 Å². The Balaban J connectivity index is 1.66. The zero-order chi connectivity index (χ0) is 19.4. The Morgan fingerprint density at radius 3 is 2.59 bits per heavy atom. The van der Waals surface area contributed by atoms with Crippen LogP contribution in [0.25, 0.3) is 10.8 Å². The third-order valence-electron chi connectivity index (χ3n) is 5.36. The third kappa shape index (κ3) is 4.66. The molecule has 0 aromatic heterocycles. The lowest BCUT2D eigenvalue weighted by Crippen LogP contribution is -2.53. The summed E-state index contributed by atoms with van der Waals surface area (Å²) in [6, 6.07) is 13.9. The van der Waals surface area contributed by atoms with E-state index in [0.717, 1.165) is 35.8 Å². The average molecular weight is 367 g/mol. The van der Waals surface area contributed by atoms with Crippen molar-refractivity contribution in [1.29, 1.82) is 0 Å². The summed E-state index contributed by atoms with van der Waals surface area (Å²) in [5.74, 6) is -0.0873. The van der Waals surface area contributed by atoms with Crippen molar-refractivity contribution in [2.75, 3.05) is 20.1 Å². The molecule has 144 valence electrons. The molecule has 2 aromatic carbocycles. The number of fused-ring (bicyclic) bond motifs is 1. The number of nitrogens with zero attached hydrogens (tertiary/aromatic N) is 1. The Labute approximate surface area is 161 Å². The highest BCUT2D eigenvalue weighted by molar-refractivity contribution is 5.89. The molecule has 2 amide bonds. The summed E-state index contributed by atoms with van der Waals surface area (Å²) in [5.41, 5.74) is 0.953. The SMILES string of the molecule is CC(C)C(NC(=O)Cc1ccc2ccccc2c1)C(=O)N(C)C1CCNC1. The van der Waals surface area contributed by atoms with Crippen molar-refractivity contribution in [2.45, 2.75) is 38.8 Å². The van der Waals surface area contributed by atoms with Crippen LogP contribution in [0.1, 0.15) is 25.8 Å². The van der Waals surface area contributed by atoms with Crippen LogP contribution in [0.3, 0.4) is 0 Å². The molecule has 0 radical (unpaired) electrons. The summed E-state index contributed by atoms with van der Waals surface area (Å²) >= 11 is 0. The third-order valence-corrected chi connectivity index (χ3v) is 5.36. The van der Waals surface area contributed by atoms with E-state index in [1.807, 2.05) is 57.3 Å². The highest BCUT2D eigenvalue weighted by Crippen LogP contribution is 2.17. The van der Waals surface area contributed by atoms with E-state index in [2.05, 4.69) is 16.7 Å². The fourth-order valence-corrected chi connectivity index (χ4v) is 3.64. The van der Waals surface area contributed by atoms with Crippen LogP contribution in [0.2, 0.25) is 0 Å². The summed E-state index contributed by atoms with van der Waals surface area (Å²) in [4.78, 5) is 27.3. The number of carbonyl (C=O) groups excluding carboxylic acids is 2. The number of hydrogen-bond donors (Lipinski definition) is 2. The molecule has 1 fully saturated rings. The van der Waals surface area contributed by atoms with E-state index < -0.39 is 6.04 Å². The van der Waals surface area contributed by atoms with Crippen LogP contribution in [0.15, 0.2) is 42.5 Å². The molecule has 2 N–H and O–H groups in total. The second-order valence-electron chi connectivity index (χ2n) is 7.74. The lowest BCUT2D eigenvalue weighted by atomic mass is 10.0. The predicted octanol–water partition coefficient (Wildman–Crippen LogP) is 2.34. The zero-order valence-corrected chi connectivity index (χ0v) is 16.4. The number of rotatable bonds is 6. The maximum absolute atomic E-state index is 12.9. The van der Waals surface area contributed by atoms with E-state index in [4.69, 9.17) is 0 Å². The van der Waals surface area contributed by atoms with Gasteiger partial charge in [0.15, 0.2) is 0 Å². The minimum Gasteiger partial charge on any atom is -0.344 e.